The van der Waals surface area contributed by atoms with Gasteiger partial charge in [-0.1, -0.05) is 29.8 Å². The van der Waals surface area contributed by atoms with Crippen LogP contribution in [-0.2, 0) is 4.79 Å². The Morgan fingerprint density at radius 1 is 1.29 bits per heavy atom. The highest BCUT2D eigenvalue weighted by molar-refractivity contribution is 6.30. The maximum absolute atomic E-state index is 11.0. The Bertz CT molecular complexity index is 613. The van der Waals surface area contributed by atoms with Crippen molar-refractivity contribution in [1.29, 1.82) is 0 Å². The summed E-state index contributed by atoms with van der Waals surface area (Å²) in [5.41, 5.74) is 1.39. The van der Waals surface area contributed by atoms with E-state index in [1.807, 2.05) is 0 Å². The molecule has 110 valence electrons. The van der Waals surface area contributed by atoms with Gasteiger partial charge in [-0.2, -0.15) is 0 Å². The van der Waals surface area contributed by atoms with Crippen LogP contribution in [0.2, 0.25) is 5.02 Å². The molecular formula is C16H16ClNO3. The molecule has 5 heteroatoms. The third-order valence-corrected chi connectivity index (χ3v) is 3.07. The van der Waals surface area contributed by atoms with Gasteiger partial charge in [-0.3, -0.25) is 4.79 Å². The molecule has 1 unspecified atom stereocenters. The maximum Gasteiger partial charge on any atom is 0.221 e. The number of rotatable bonds is 5. The molecule has 0 radical (unpaired) electrons. The molecule has 1 amide bonds. The number of carbonyl (C=O) groups is 1. The van der Waals surface area contributed by atoms with Crippen molar-refractivity contribution in [2.24, 2.45) is 0 Å². The van der Waals surface area contributed by atoms with Gasteiger partial charge < -0.3 is 15.2 Å². The Balaban J connectivity index is 1.96. The van der Waals surface area contributed by atoms with Crippen molar-refractivity contribution in [3.8, 4) is 5.75 Å². The SMILES string of the molecule is CC(=O)Nc1cccc(OCC(O)c2ccc(Cl)cc2)c1. The summed E-state index contributed by atoms with van der Waals surface area (Å²) in [6.07, 6.45) is -0.744. The number of halogens is 1. The molecule has 0 saturated carbocycles. The van der Waals surface area contributed by atoms with Gasteiger partial charge in [0, 0.05) is 23.7 Å². The number of aliphatic hydroxyl groups excluding tert-OH is 1. The minimum absolute atomic E-state index is 0.116. The van der Waals surface area contributed by atoms with Crippen LogP contribution in [0.1, 0.15) is 18.6 Å². The van der Waals surface area contributed by atoms with Crippen molar-refractivity contribution >= 4 is 23.2 Å². The van der Waals surface area contributed by atoms with E-state index < -0.39 is 6.10 Å². The number of ether oxygens (including phenoxy) is 1. The Morgan fingerprint density at radius 2 is 2.00 bits per heavy atom. The predicted molar refractivity (Wildman–Crippen MR) is 82.7 cm³/mol. The first-order chi connectivity index (χ1) is 10.0. The van der Waals surface area contributed by atoms with Gasteiger partial charge in [0.2, 0.25) is 5.91 Å². The van der Waals surface area contributed by atoms with E-state index in [2.05, 4.69) is 5.32 Å². The monoisotopic (exact) mass is 305 g/mol. The molecule has 1 atom stereocenters. The molecule has 0 aromatic heterocycles. The number of hydrogen-bond donors (Lipinski definition) is 2. The molecule has 2 aromatic carbocycles. The van der Waals surface area contributed by atoms with E-state index in [-0.39, 0.29) is 12.5 Å². The summed E-state index contributed by atoms with van der Waals surface area (Å²) >= 11 is 5.80. The van der Waals surface area contributed by atoms with Crippen LogP contribution >= 0.6 is 11.6 Å². The average Bonchev–Trinajstić information content (AvgIpc) is 2.45. The van der Waals surface area contributed by atoms with Gasteiger partial charge in [-0.15, -0.1) is 0 Å². The number of hydrogen-bond acceptors (Lipinski definition) is 3. The van der Waals surface area contributed by atoms with E-state index in [1.54, 1.807) is 48.5 Å². The lowest BCUT2D eigenvalue weighted by Crippen LogP contribution is -2.10. The van der Waals surface area contributed by atoms with Crippen LogP contribution < -0.4 is 10.1 Å². The van der Waals surface area contributed by atoms with Crippen molar-refractivity contribution < 1.29 is 14.6 Å². The van der Waals surface area contributed by atoms with Crippen molar-refractivity contribution in [1.82, 2.24) is 0 Å². The summed E-state index contributed by atoms with van der Waals surface area (Å²) in [6, 6.07) is 14.0. The summed E-state index contributed by atoms with van der Waals surface area (Å²) in [4.78, 5) is 11.0. The Kier molecular flexibility index (Phi) is 5.20. The molecule has 21 heavy (non-hydrogen) atoms. The third-order valence-electron chi connectivity index (χ3n) is 2.82. The molecule has 2 aromatic rings. The zero-order chi connectivity index (χ0) is 15.2. The molecule has 0 heterocycles. The van der Waals surface area contributed by atoms with Crippen molar-refractivity contribution in [3.05, 3.63) is 59.1 Å². The summed E-state index contributed by atoms with van der Waals surface area (Å²) in [5.74, 6) is 0.433. The first kappa shape index (κ1) is 15.4. The number of nitrogens with one attached hydrogen (secondary N) is 1. The molecule has 0 bridgehead atoms. The van der Waals surface area contributed by atoms with E-state index in [4.69, 9.17) is 16.3 Å². The third kappa shape index (κ3) is 4.77. The van der Waals surface area contributed by atoms with Gasteiger partial charge in [-0.05, 0) is 29.8 Å². The molecule has 0 aliphatic rings. The lowest BCUT2D eigenvalue weighted by molar-refractivity contribution is -0.114. The first-order valence-electron chi connectivity index (χ1n) is 6.48. The zero-order valence-corrected chi connectivity index (χ0v) is 12.3. The summed E-state index contributed by atoms with van der Waals surface area (Å²) < 4.78 is 5.54. The van der Waals surface area contributed by atoms with Gasteiger partial charge in [-0.25, -0.2) is 0 Å². The standard InChI is InChI=1S/C16H16ClNO3/c1-11(19)18-14-3-2-4-15(9-14)21-10-16(20)12-5-7-13(17)8-6-12/h2-9,16,20H,10H2,1H3,(H,18,19). The van der Waals surface area contributed by atoms with Gasteiger partial charge in [0.1, 0.15) is 18.5 Å². The molecule has 0 fully saturated rings. The number of benzene rings is 2. The van der Waals surface area contributed by atoms with Crippen LogP contribution in [0.15, 0.2) is 48.5 Å². The summed E-state index contributed by atoms with van der Waals surface area (Å²) in [7, 11) is 0. The molecule has 2 N–H and O–H groups in total. The van der Waals surface area contributed by atoms with E-state index in [9.17, 15) is 9.90 Å². The highest BCUT2D eigenvalue weighted by Crippen LogP contribution is 2.21. The lowest BCUT2D eigenvalue weighted by atomic mass is 10.1. The van der Waals surface area contributed by atoms with E-state index in [0.29, 0.717) is 16.5 Å². The average molecular weight is 306 g/mol. The van der Waals surface area contributed by atoms with Crippen LogP contribution in [0, 0.1) is 0 Å². The lowest BCUT2D eigenvalue weighted by Gasteiger charge is -2.13. The number of aliphatic hydroxyl groups is 1. The largest absolute Gasteiger partial charge is 0.490 e. The van der Waals surface area contributed by atoms with Crippen molar-refractivity contribution in [2.75, 3.05) is 11.9 Å². The Labute approximate surface area is 128 Å². The summed E-state index contributed by atoms with van der Waals surface area (Å²) in [6.45, 7) is 1.56. The number of carbonyl (C=O) groups excluding carboxylic acids is 1. The Morgan fingerprint density at radius 3 is 2.67 bits per heavy atom. The van der Waals surface area contributed by atoms with E-state index in [1.165, 1.54) is 6.92 Å². The molecule has 0 aliphatic heterocycles. The summed E-state index contributed by atoms with van der Waals surface area (Å²) in [5, 5.41) is 13.3. The second kappa shape index (κ2) is 7.11. The van der Waals surface area contributed by atoms with Crippen molar-refractivity contribution in [3.63, 3.8) is 0 Å². The van der Waals surface area contributed by atoms with E-state index >= 15 is 0 Å². The number of anilines is 1. The van der Waals surface area contributed by atoms with Crippen LogP contribution in [0.4, 0.5) is 5.69 Å². The smallest absolute Gasteiger partial charge is 0.221 e. The zero-order valence-electron chi connectivity index (χ0n) is 11.5. The fourth-order valence-electron chi connectivity index (χ4n) is 1.82. The van der Waals surface area contributed by atoms with Crippen LogP contribution in [0.3, 0.4) is 0 Å². The highest BCUT2D eigenvalue weighted by Gasteiger charge is 2.08. The van der Waals surface area contributed by atoms with Gasteiger partial charge in [0.15, 0.2) is 0 Å². The van der Waals surface area contributed by atoms with Gasteiger partial charge in [0.05, 0.1) is 0 Å². The minimum Gasteiger partial charge on any atom is -0.490 e. The fourth-order valence-corrected chi connectivity index (χ4v) is 1.95. The molecular weight excluding hydrogens is 290 g/mol. The molecule has 2 rings (SSSR count). The fraction of sp³-hybridized carbons (Fsp3) is 0.188. The van der Waals surface area contributed by atoms with Gasteiger partial charge >= 0.3 is 0 Å². The van der Waals surface area contributed by atoms with Crippen LogP contribution in [0.25, 0.3) is 0 Å². The topological polar surface area (TPSA) is 58.6 Å². The van der Waals surface area contributed by atoms with Gasteiger partial charge in [0.25, 0.3) is 0 Å². The predicted octanol–water partition coefficient (Wildman–Crippen LogP) is 3.41. The van der Waals surface area contributed by atoms with Crippen LogP contribution in [0.5, 0.6) is 5.75 Å². The highest BCUT2D eigenvalue weighted by atomic mass is 35.5. The first-order valence-corrected chi connectivity index (χ1v) is 6.86. The number of amides is 1. The second-order valence-corrected chi connectivity index (χ2v) is 5.02. The minimum atomic E-state index is -0.744. The molecule has 0 aliphatic carbocycles. The molecule has 4 nitrogen and oxygen atoms in total. The second-order valence-electron chi connectivity index (χ2n) is 4.59. The maximum atomic E-state index is 11.0. The van der Waals surface area contributed by atoms with E-state index in [0.717, 1.165) is 5.56 Å². The molecule has 0 saturated heterocycles. The Hall–Kier alpha value is -2.04. The van der Waals surface area contributed by atoms with Crippen molar-refractivity contribution in [2.45, 2.75) is 13.0 Å². The molecule has 0 spiro atoms. The normalized spacial score (nSPS) is 11.8. The van der Waals surface area contributed by atoms with Crippen LogP contribution in [-0.4, -0.2) is 17.6 Å². The quantitative estimate of drug-likeness (QED) is 0.890.